The van der Waals surface area contributed by atoms with Crippen molar-refractivity contribution in [1.29, 1.82) is 0 Å². The second kappa shape index (κ2) is 8.73. The molecule has 0 saturated heterocycles. The van der Waals surface area contributed by atoms with Crippen LogP contribution in [0.5, 0.6) is 0 Å². The molecule has 0 aliphatic carbocycles. The van der Waals surface area contributed by atoms with Crippen molar-refractivity contribution < 1.29 is 27.7 Å². The highest BCUT2D eigenvalue weighted by molar-refractivity contribution is 6.30. The summed E-state index contributed by atoms with van der Waals surface area (Å²) in [4.78, 5) is 24.7. The number of carbonyl (C=O) groups excluding carboxylic acids is 2. The van der Waals surface area contributed by atoms with Crippen molar-refractivity contribution in [2.75, 3.05) is 25.0 Å². The number of halogens is 4. The van der Waals surface area contributed by atoms with Crippen LogP contribution in [0.3, 0.4) is 0 Å². The molecule has 0 spiro atoms. The van der Waals surface area contributed by atoms with E-state index in [4.69, 9.17) is 11.6 Å². The topological polar surface area (TPSA) is 62.6 Å². The van der Waals surface area contributed by atoms with E-state index in [0.717, 1.165) is 12.1 Å². The third-order valence-electron chi connectivity index (χ3n) is 3.40. The lowest BCUT2D eigenvalue weighted by Crippen LogP contribution is -3.14. The molecule has 26 heavy (non-hydrogen) atoms. The Labute approximate surface area is 155 Å². The van der Waals surface area contributed by atoms with Gasteiger partial charge in [-0.25, -0.2) is 0 Å². The second-order valence-corrected chi connectivity index (χ2v) is 7.43. The third-order valence-corrected chi connectivity index (χ3v) is 3.63. The number of hydrogen-bond acceptors (Lipinski definition) is 2. The van der Waals surface area contributed by atoms with Gasteiger partial charge in [-0.3, -0.25) is 9.59 Å². The summed E-state index contributed by atoms with van der Waals surface area (Å²) in [6.07, 6.45) is -4.64. The molecule has 0 bridgehead atoms. The molecule has 1 aromatic carbocycles. The van der Waals surface area contributed by atoms with E-state index >= 15 is 0 Å². The smallest absolute Gasteiger partial charge is 0.347 e. The first-order valence-corrected chi connectivity index (χ1v) is 8.51. The molecule has 0 aliphatic heterocycles. The Bertz CT molecular complexity index is 658. The van der Waals surface area contributed by atoms with Crippen molar-refractivity contribution in [1.82, 2.24) is 5.32 Å². The first kappa shape index (κ1) is 22.2. The molecule has 5 nitrogen and oxygen atoms in total. The lowest BCUT2D eigenvalue weighted by molar-refractivity contribution is -0.881. The van der Waals surface area contributed by atoms with Crippen molar-refractivity contribution in [3.05, 3.63) is 28.8 Å². The Morgan fingerprint density at radius 3 is 2.19 bits per heavy atom. The van der Waals surface area contributed by atoms with Gasteiger partial charge in [0, 0.05) is 10.6 Å². The minimum absolute atomic E-state index is 0.0495. The fourth-order valence-electron chi connectivity index (χ4n) is 2.28. The van der Waals surface area contributed by atoms with Crippen molar-refractivity contribution in [2.45, 2.75) is 39.4 Å². The summed E-state index contributed by atoms with van der Waals surface area (Å²) in [5.41, 5.74) is -1.77. The Hall–Kier alpha value is -1.80. The molecule has 0 fully saturated rings. The van der Waals surface area contributed by atoms with Gasteiger partial charge in [0.25, 0.3) is 11.8 Å². The van der Waals surface area contributed by atoms with Gasteiger partial charge in [-0.1, -0.05) is 11.6 Å². The molecule has 0 saturated carbocycles. The normalized spacial score (nSPS) is 13.2. The van der Waals surface area contributed by atoms with Crippen LogP contribution in [0, 0.1) is 0 Å². The summed E-state index contributed by atoms with van der Waals surface area (Å²) in [5, 5.41) is 4.97. The predicted octanol–water partition coefficient (Wildman–Crippen LogP) is 2.12. The maximum absolute atomic E-state index is 13.1. The largest absolute Gasteiger partial charge is 0.418 e. The quantitative estimate of drug-likeness (QED) is 0.692. The Balaban J connectivity index is 2.78. The van der Waals surface area contributed by atoms with E-state index in [2.05, 4.69) is 10.6 Å². The number of nitrogens with one attached hydrogen (secondary N) is 3. The summed E-state index contributed by atoms with van der Waals surface area (Å²) < 4.78 is 39.2. The summed E-state index contributed by atoms with van der Waals surface area (Å²) in [6, 6.07) is 3.15. The number of likely N-dealkylation sites (N-methyl/N-ethyl adjacent to an activating group) is 1. The number of benzene rings is 1. The minimum Gasteiger partial charge on any atom is -0.347 e. The number of amides is 2. The number of alkyl halides is 3. The average molecular weight is 395 g/mol. The number of anilines is 1. The minimum atomic E-state index is -4.64. The van der Waals surface area contributed by atoms with Crippen molar-refractivity contribution in [3.8, 4) is 0 Å². The number of hydrogen-bond donors (Lipinski definition) is 3. The van der Waals surface area contributed by atoms with Gasteiger partial charge in [-0.15, -0.1) is 0 Å². The molecule has 0 aliphatic rings. The number of rotatable bonds is 6. The molecule has 0 aromatic heterocycles. The zero-order valence-corrected chi connectivity index (χ0v) is 15.9. The summed E-state index contributed by atoms with van der Waals surface area (Å²) in [5.74, 6) is -0.845. The van der Waals surface area contributed by atoms with Crippen LogP contribution in [0.15, 0.2) is 18.2 Å². The van der Waals surface area contributed by atoms with E-state index in [9.17, 15) is 22.8 Å². The predicted molar refractivity (Wildman–Crippen MR) is 94.2 cm³/mol. The molecular formula is C17H24ClF3N3O2+. The third kappa shape index (κ3) is 7.61. The zero-order valence-electron chi connectivity index (χ0n) is 15.2. The molecular weight excluding hydrogens is 371 g/mol. The zero-order chi connectivity index (χ0) is 20.1. The molecule has 1 unspecified atom stereocenters. The molecule has 1 aromatic rings. The molecule has 3 N–H and O–H groups in total. The fourth-order valence-corrected chi connectivity index (χ4v) is 2.46. The number of quaternary nitrogens is 1. The van der Waals surface area contributed by atoms with Gasteiger partial charge in [-0.2, -0.15) is 13.2 Å². The van der Waals surface area contributed by atoms with E-state index in [1.54, 1.807) is 6.92 Å². The van der Waals surface area contributed by atoms with E-state index < -0.39 is 23.2 Å². The van der Waals surface area contributed by atoms with Crippen LogP contribution in [0.25, 0.3) is 0 Å². The second-order valence-electron chi connectivity index (χ2n) is 6.99. The van der Waals surface area contributed by atoms with E-state index in [0.29, 0.717) is 11.4 Å². The summed E-state index contributed by atoms with van der Waals surface area (Å²) in [7, 11) is 0. The van der Waals surface area contributed by atoms with E-state index in [-0.39, 0.29) is 29.7 Å². The molecule has 9 heteroatoms. The monoisotopic (exact) mass is 394 g/mol. The van der Waals surface area contributed by atoms with Crippen LogP contribution in [0.1, 0.15) is 33.3 Å². The molecule has 0 radical (unpaired) electrons. The first-order valence-electron chi connectivity index (χ1n) is 8.13. The molecule has 1 rings (SSSR count). The van der Waals surface area contributed by atoms with Gasteiger partial charge in [0.1, 0.15) is 0 Å². The van der Waals surface area contributed by atoms with Gasteiger partial charge in [0.15, 0.2) is 13.1 Å². The maximum atomic E-state index is 13.1. The van der Waals surface area contributed by atoms with Crippen molar-refractivity contribution in [2.24, 2.45) is 0 Å². The fraction of sp³-hybridized carbons (Fsp3) is 0.529. The standard InChI is InChI=1S/C17H23ClF3N3O2/c1-5-24(10-15(26)23-16(2,3)4)9-14(25)22-13-7-6-11(18)8-12(13)17(19,20)21/h6-8H,5,9-10H2,1-4H3,(H,22,25)(H,23,26)/p+1. The van der Waals surface area contributed by atoms with Crippen LogP contribution >= 0.6 is 11.6 Å². The molecule has 1 atom stereocenters. The summed E-state index contributed by atoms with van der Waals surface area (Å²) >= 11 is 5.61. The molecule has 0 heterocycles. The van der Waals surface area contributed by atoms with E-state index in [1.807, 2.05) is 20.8 Å². The van der Waals surface area contributed by atoms with Gasteiger partial charge in [-0.05, 0) is 45.9 Å². The Kier molecular flexibility index (Phi) is 7.46. The average Bonchev–Trinajstić information content (AvgIpc) is 2.45. The molecule has 146 valence electrons. The Morgan fingerprint density at radius 1 is 1.12 bits per heavy atom. The Morgan fingerprint density at radius 2 is 1.69 bits per heavy atom. The van der Waals surface area contributed by atoms with Crippen LogP contribution in [0.2, 0.25) is 5.02 Å². The SMILES string of the molecule is CC[NH+](CC(=O)Nc1ccc(Cl)cc1C(F)(F)F)CC(=O)NC(C)(C)C. The maximum Gasteiger partial charge on any atom is 0.418 e. The number of carbonyl (C=O) groups is 2. The van der Waals surface area contributed by atoms with Gasteiger partial charge >= 0.3 is 6.18 Å². The highest BCUT2D eigenvalue weighted by Gasteiger charge is 2.34. The van der Waals surface area contributed by atoms with E-state index in [1.165, 1.54) is 6.07 Å². The van der Waals surface area contributed by atoms with Crippen LogP contribution in [-0.4, -0.2) is 37.0 Å². The highest BCUT2D eigenvalue weighted by Crippen LogP contribution is 2.36. The lowest BCUT2D eigenvalue weighted by Gasteiger charge is -2.23. The van der Waals surface area contributed by atoms with Gasteiger partial charge in [0.2, 0.25) is 0 Å². The first-order chi connectivity index (χ1) is 11.8. The van der Waals surface area contributed by atoms with Crippen molar-refractivity contribution in [3.63, 3.8) is 0 Å². The van der Waals surface area contributed by atoms with Crippen molar-refractivity contribution >= 4 is 29.1 Å². The van der Waals surface area contributed by atoms with Crippen LogP contribution < -0.4 is 15.5 Å². The van der Waals surface area contributed by atoms with Crippen LogP contribution in [0.4, 0.5) is 18.9 Å². The highest BCUT2D eigenvalue weighted by atomic mass is 35.5. The van der Waals surface area contributed by atoms with Gasteiger partial charge in [0.05, 0.1) is 17.8 Å². The van der Waals surface area contributed by atoms with Gasteiger partial charge < -0.3 is 15.5 Å². The lowest BCUT2D eigenvalue weighted by atomic mass is 10.1. The van der Waals surface area contributed by atoms with Crippen LogP contribution in [-0.2, 0) is 15.8 Å². The summed E-state index contributed by atoms with van der Waals surface area (Å²) in [6.45, 7) is 7.68. The molecule has 2 amide bonds.